The number of benzene rings is 1. The summed E-state index contributed by atoms with van der Waals surface area (Å²) in [6.07, 6.45) is 5.73. The van der Waals surface area contributed by atoms with Gasteiger partial charge in [-0.15, -0.1) is 0 Å². The molecule has 1 saturated carbocycles. The minimum atomic E-state index is -0.421. The van der Waals surface area contributed by atoms with Crippen molar-refractivity contribution >= 4 is 6.09 Å². The normalized spacial score (nSPS) is 25.7. The minimum absolute atomic E-state index is 0.162. The molecule has 5 heteroatoms. The Balaban J connectivity index is 1.26. The number of nitrogens with zero attached hydrogens (tertiary/aromatic N) is 2. The number of hydrogen-bond acceptors (Lipinski definition) is 4. The molecule has 2 aliphatic heterocycles. The van der Waals surface area contributed by atoms with Crippen molar-refractivity contribution in [2.45, 2.75) is 70.4 Å². The molecule has 2 saturated heterocycles. The van der Waals surface area contributed by atoms with Gasteiger partial charge in [0, 0.05) is 24.5 Å². The van der Waals surface area contributed by atoms with E-state index >= 15 is 0 Å². The van der Waals surface area contributed by atoms with Gasteiger partial charge in [-0.3, -0.25) is 0 Å². The van der Waals surface area contributed by atoms with E-state index in [2.05, 4.69) is 11.0 Å². The molecule has 1 spiro atoms. The quantitative estimate of drug-likeness (QED) is 0.820. The van der Waals surface area contributed by atoms with E-state index in [1.807, 2.05) is 37.8 Å². The fourth-order valence-electron chi connectivity index (χ4n) is 5.40. The van der Waals surface area contributed by atoms with E-state index in [1.165, 1.54) is 19.3 Å². The average molecular weight is 387 g/mol. The van der Waals surface area contributed by atoms with Crippen LogP contribution in [-0.4, -0.2) is 58.8 Å². The number of aromatic hydroxyl groups is 1. The fourth-order valence-corrected chi connectivity index (χ4v) is 5.40. The van der Waals surface area contributed by atoms with Crippen molar-refractivity contribution < 1.29 is 14.6 Å². The van der Waals surface area contributed by atoms with Crippen LogP contribution in [0, 0.1) is 5.41 Å². The molecule has 1 aliphatic carbocycles. The zero-order valence-electron chi connectivity index (χ0n) is 17.5. The maximum absolute atomic E-state index is 12.2. The van der Waals surface area contributed by atoms with Crippen LogP contribution < -0.4 is 0 Å². The van der Waals surface area contributed by atoms with Gasteiger partial charge in [0.15, 0.2) is 0 Å². The average Bonchev–Trinajstić information content (AvgIpc) is 3.05. The second kappa shape index (κ2) is 7.25. The lowest BCUT2D eigenvalue weighted by molar-refractivity contribution is -0.0347. The highest BCUT2D eigenvalue weighted by Gasteiger charge is 2.51. The van der Waals surface area contributed by atoms with E-state index in [0.29, 0.717) is 23.1 Å². The SMILES string of the molecule is CC(C)(C)OC(=O)N1CC2(CCC(N3CCC(c4ccccc4O)CC3)C2)C1. The number of amides is 1. The number of ether oxygens (including phenoxy) is 1. The lowest BCUT2D eigenvalue weighted by Gasteiger charge is -2.48. The van der Waals surface area contributed by atoms with Gasteiger partial charge >= 0.3 is 6.09 Å². The summed E-state index contributed by atoms with van der Waals surface area (Å²) in [6.45, 7) is 9.69. The molecular weight excluding hydrogens is 352 g/mol. The van der Waals surface area contributed by atoms with Crippen molar-refractivity contribution in [1.82, 2.24) is 9.80 Å². The Morgan fingerprint density at radius 1 is 1.14 bits per heavy atom. The summed E-state index contributed by atoms with van der Waals surface area (Å²) in [5.74, 6) is 0.914. The molecule has 3 aliphatic rings. The van der Waals surface area contributed by atoms with Crippen LogP contribution in [0.1, 0.15) is 64.4 Å². The van der Waals surface area contributed by atoms with Gasteiger partial charge in [0.05, 0.1) is 0 Å². The van der Waals surface area contributed by atoms with E-state index in [1.54, 1.807) is 6.07 Å². The maximum atomic E-state index is 12.2. The second-order valence-corrected chi connectivity index (χ2v) is 10.1. The molecule has 1 aromatic rings. The highest BCUT2D eigenvalue weighted by molar-refractivity contribution is 5.69. The maximum Gasteiger partial charge on any atom is 0.410 e. The molecule has 1 amide bonds. The minimum Gasteiger partial charge on any atom is -0.508 e. The Morgan fingerprint density at radius 3 is 2.46 bits per heavy atom. The Bertz CT molecular complexity index is 713. The van der Waals surface area contributed by atoms with Crippen molar-refractivity contribution in [3.8, 4) is 5.75 Å². The molecule has 1 unspecified atom stereocenters. The number of piperidine rings is 1. The third kappa shape index (κ3) is 4.00. The first-order valence-electron chi connectivity index (χ1n) is 10.7. The molecule has 0 aromatic heterocycles. The molecule has 1 aromatic carbocycles. The summed E-state index contributed by atoms with van der Waals surface area (Å²) in [4.78, 5) is 16.8. The smallest absolute Gasteiger partial charge is 0.410 e. The standard InChI is InChI=1S/C23H34N2O3/c1-22(2,3)28-21(27)25-15-23(16-25)11-8-18(14-23)24-12-9-17(10-13-24)19-6-4-5-7-20(19)26/h4-7,17-18,26H,8-16H2,1-3H3. The number of carbonyl (C=O) groups is 1. The number of rotatable bonds is 2. The largest absolute Gasteiger partial charge is 0.508 e. The topological polar surface area (TPSA) is 53.0 Å². The Kier molecular flexibility index (Phi) is 5.07. The van der Waals surface area contributed by atoms with Crippen LogP contribution in [0.15, 0.2) is 24.3 Å². The Hall–Kier alpha value is -1.75. The summed E-state index contributed by atoms with van der Waals surface area (Å²) in [6, 6.07) is 8.43. The number of para-hydroxylation sites is 1. The van der Waals surface area contributed by atoms with Crippen LogP contribution in [0.25, 0.3) is 0 Å². The van der Waals surface area contributed by atoms with Crippen molar-refractivity contribution in [3.63, 3.8) is 0 Å². The molecular formula is C23H34N2O3. The summed E-state index contributed by atoms with van der Waals surface area (Å²) >= 11 is 0. The van der Waals surface area contributed by atoms with Gasteiger partial charge in [-0.1, -0.05) is 18.2 Å². The van der Waals surface area contributed by atoms with E-state index in [0.717, 1.165) is 44.6 Å². The van der Waals surface area contributed by atoms with E-state index in [-0.39, 0.29) is 6.09 Å². The van der Waals surface area contributed by atoms with Gasteiger partial charge in [-0.05, 0) is 83.5 Å². The first-order valence-corrected chi connectivity index (χ1v) is 10.7. The van der Waals surface area contributed by atoms with Crippen molar-refractivity contribution in [2.75, 3.05) is 26.2 Å². The molecule has 1 atom stereocenters. The first kappa shape index (κ1) is 19.6. The monoisotopic (exact) mass is 386 g/mol. The van der Waals surface area contributed by atoms with Crippen molar-refractivity contribution in [3.05, 3.63) is 29.8 Å². The molecule has 5 nitrogen and oxygen atoms in total. The van der Waals surface area contributed by atoms with Gasteiger partial charge in [0.2, 0.25) is 0 Å². The van der Waals surface area contributed by atoms with Gasteiger partial charge in [-0.2, -0.15) is 0 Å². The molecule has 1 N–H and O–H groups in total. The van der Waals surface area contributed by atoms with Gasteiger partial charge in [0.1, 0.15) is 11.4 Å². The van der Waals surface area contributed by atoms with Crippen LogP contribution in [0.5, 0.6) is 5.75 Å². The lowest BCUT2D eigenvalue weighted by Crippen LogP contribution is -2.58. The third-order valence-electron chi connectivity index (χ3n) is 6.80. The van der Waals surface area contributed by atoms with Gasteiger partial charge < -0.3 is 19.6 Å². The van der Waals surface area contributed by atoms with E-state index < -0.39 is 5.60 Å². The number of hydrogen-bond donors (Lipinski definition) is 1. The fraction of sp³-hybridized carbons (Fsp3) is 0.696. The predicted octanol–water partition coefficient (Wildman–Crippen LogP) is 4.36. The van der Waals surface area contributed by atoms with Crippen LogP contribution in [-0.2, 0) is 4.74 Å². The second-order valence-electron chi connectivity index (χ2n) is 10.1. The third-order valence-corrected chi connectivity index (χ3v) is 6.80. The molecule has 4 rings (SSSR count). The van der Waals surface area contributed by atoms with Crippen LogP contribution >= 0.6 is 0 Å². The number of phenolic OH excluding ortho intramolecular Hbond substituents is 1. The Labute approximate surface area is 168 Å². The Morgan fingerprint density at radius 2 is 1.82 bits per heavy atom. The van der Waals surface area contributed by atoms with Crippen molar-refractivity contribution in [1.29, 1.82) is 0 Å². The summed E-state index contributed by atoms with van der Waals surface area (Å²) in [7, 11) is 0. The van der Waals surface area contributed by atoms with Gasteiger partial charge in [-0.25, -0.2) is 4.79 Å². The number of likely N-dealkylation sites (tertiary alicyclic amines) is 2. The highest BCUT2D eigenvalue weighted by atomic mass is 16.6. The van der Waals surface area contributed by atoms with Crippen LogP contribution in [0.4, 0.5) is 4.79 Å². The molecule has 0 bridgehead atoms. The van der Waals surface area contributed by atoms with E-state index in [4.69, 9.17) is 4.74 Å². The van der Waals surface area contributed by atoms with Crippen molar-refractivity contribution in [2.24, 2.45) is 5.41 Å². The summed E-state index contributed by atoms with van der Waals surface area (Å²) < 4.78 is 5.51. The predicted molar refractivity (Wildman–Crippen MR) is 110 cm³/mol. The summed E-state index contributed by atoms with van der Waals surface area (Å²) in [5.41, 5.74) is 1.00. The zero-order valence-corrected chi connectivity index (χ0v) is 17.5. The highest BCUT2D eigenvalue weighted by Crippen LogP contribution is 2.48. The number of carbonyl (C=O) groups excluding carboxylic acids is 1. The zero-order chi connectivity index (χ0) is 19.9. The molecule has 3 fully saturated rings. The van der Waals surface area contributed by atoms with Crippen LogP contribution in [0.2, 0.25) is 0 Å². The number of phenols is 1. The molecule has 0 radical (unpaired) electrons. The summed E-state index contributed by atoms with van der Waals surface area (Å²) in [5, 5.41) is 10.1. The van der Waals surface area contributed by atoms with Crippen LogP contribution in [0.3, 0.4) is 0 Å². The van der Waals surface area contributed by atoms with Gasteiger partial charge in [0.25, 0.3) is 0 Å². The van der Waals surface area contributed by atoms with E-state index in [9.17, 15) is 9.90 Å². The molecule has 28 heavy (non-hydrogen) atoms. The lowest BCUT2D eigenvalue weighted by atomic mass is 9.78. The molecule has 154 valence electrons. The molecule has 2 heterocycles. The first-order chi connectivity index (χ1) is 13.2.